The van der Waals surface area contributed by atoms with Gasteiger partial charge in [-0.3, -0.25) is 0 Å². The Morgan fingerprint density at radius 1 is 1.13 bits per heavy atom. The number of carbonyl (C=O) groups excluding carboxylic acids is 1. The number of nitrogens with zero attached hydrogens (tertiary/aromatic N) is 2. The first-order valence-electron chi connectivity index (χ1n) is 6.99. The minimum Gasteiger partial charge on any atom is -0.462 e. The Kier molecular flexibility index (Phi) is 4.46. The molecule has 6 heteroatoms. The number of ether oxygens (including phenoxy) is 1. The number of hydrogen-bond donors (Lipinski definition) is 0. The van der Waals surface area contributed by atoms with E-state index in [0.717, 1.165) is 10.8 Å². The molecule has 3 aromatic rings. The second-order valence-corrected chi connectivity index (χ2v) is 5.50. The molecule has 1 heterocycles. The Bertz CT molecular complexity index is 877. The summed E-state index contributed by atoms with van der Waals surface area (Å²) in [6, 6.07) is 12.9. The van der Waals surface area contributed by atoms with Gasteiger partial charge in [0.25, 0.3) is 0 Å². The average Bonchev–Trinajstić information content (AvgIpc) is 2.53. The highest BCUT2D eigenvalue weighted by Crippen LogP contribution is 2.33. The summed E-state index contributed by atoms with van der Waals surface area (Å²) >= 11 is 11.9. The van der Waals surface area contributed by atoms with Crippen LogP contribution in [0.3, 0.4) is 0 Å². The maximum atomic E-state index is 12.3. The highest BCUT2D eigenvalue weighted by atomic mass is 35.5. The summed E-state index contributed by atoms with van der Waals surface area (Å²) in [5, 5.41) is 2.07. The van der Waals surface area contributed by atoms with Crippen LogP contribution in [0.1, 0.15) is 17.3 Å². The fourth-order valence-corrected chi connectivity index (χ4v) is 2.85. The first-order valence-corrected chi connectivity index (χ1v) is 7.75. The van der Waals surface area contributed by atoms with Gasteiger partial charge in [0, 0.05) is 11.6 Å². The fraction of sp³-hybridized carbons (Fsp3) is 0.118. The van der Waals surface area contributed by atoms with Crippen LogP contribution in [0.5, 0.6) is 0 Å². The zero-order chi connectivity index (χ0) is 16.4. The van der Waals surface area contributed by atoms with Crippen LogP contribution in [0.15, 0.2) is 42.5 Å². The normalized spacial score (nSPS) is 10.7. The van der Waals surface area contributed by atoms with Gasteiger partial charge in [0.1, 0.15) is 5.15 Å². The number of benzene rings is 2. The van der Waals surface area contributed by atoms with Crippen LogP contribution in [-0.4, -0.2) is 22.5 Å². The van der Waals surface area contributed by atoms with Crippen molar-refractivity contribution in [3.05, 3.63) is 58.5 Å². The molecule has 0 aliphatic rings. The van der Waals surface area contributed by atoms with Crippen molar-refractivity contribution in [3.8, 4) is 11.3 Å². The van der Waals surface area contributed by atoms with Gasteiger partial charge in [-0.2, -0.15) is 0 Å². The lowest BCUT2D eigenvalue weighted by Crippen LogP contribution is -2.07. The maximum absolute atomic E-state index is 12.3. The van der Waals surface area contributed by atoms with E-state index >= 15 is 0 Å². The molecule has 0 fully saturated rings. The Morgan fingerprint density at radius 3 is 2.65 bits per heavy atom. The van der Waals surface area contributed by atoms with Crippen molar-refractivity contribution >= 4 is 39.9 Å². The molecule has 0 N–H and O–H groups in total. The molecule has 0 bridgehead atoms. The molecule has 0 spiro atoms. The third kappa shape index (κ3) is 3.14. The van der Waals surface area contributed by atoms with Gasteiger partial charge in [-0.05, 0) is 35.4 Å². The molecule has 0 amide bonds. The van der Waals surface area contributed by atoms with Gasteiger partial charge in [-0.15, -0.1) is 0 Å². The van der Waals surface area contributed by atoms with Gasteiger partial charge in [-0.25, -0.2) is 14.8 Å². The second kappa shape index (κ2) is 6.52. The molecule has 3 rings (SSSR count). The van der Waals surface area contributed by atoms with Crippen molar-refractivity contribution < 1.29 is 9.53 Å². The summed E-state index contributed by atoms with van der Waals surface area (Å²) in [6.07, 6.45) is 0. The monoisotopic (exact) mass is 346 g/mol. The molecule has 0 atom stereocenters. The topological polar surface area (TPSA) is 52.1 Å². The van der Waals surface area contributed by atoms with E-state index < -0.39 is 5.97 Å². The Hall–Kier alpha value is -2.17. The molecule has 0 saturated carbocycles. The summed E-state index contributed by atoms with van der Waals surface area (Å²) in [7, 11) is 0. The summed E-state index contributed by atoms with van der Waals surface area (Å²) < 4.78 is 5.15. The largest absolute Gasteiger partial charge is 0.462 e. The molecule has 0 saturated heterocycles. The molecule has 2 aromatic carbocycles. The van der Waals surface area contributed by atoms with E-state index in [2.05, 4.69) is 9.97 Å². The smallest absolute Gasteiger partial charge is 0.338 e. The van der Waals surface area contributed by atoms with Crippen molar-refractivity contribution in [1.29, 1.82) is 0 Å². The average molecular weight is 347 g/mol. The maximum Gasteiger partial charge on any atom is 0.338 e. The van der Waals surface area contributed by atoms with Crippen LogP contribution in [0.2, 0.25) is 10.4 Å². The lowest BCUT2D eigenvalue weighted by atomic mass is 9.96. The molecular weight excluding hydrogens is 335 g/mol. The van der Waals surface area contributed by atoms with Gasteiger partial charge in [-0.1, -0.05) is 41.9 Å². The quantitative estimate of drug-likeness (QED) is 0.389. The van der Waals surface area contributed by atoms with E-state index in [-0.39, 0.29) is 17.0 Å². The first kappa shape index (κ1) is 15.7. The minimum atomic E-state index is -0.417. The van der Waals surface area contributed by atoms with E-state index in [1.165, 1.54) is 0 Å². The molecule has 1 aromatic heterocycles. The molecule has 0 unspecified atom stereocenters. The fourth-order valence-electron chi connectivity index (χ4n) is 2.44. The third-order valence-electron chi connectivity index (χ3n) is 3.35. The predicted molar refractivity (Wildman–Crippen MR) is 91.0 cm³/mol. The first-order chi connectivity index (χ1) is 11.1. The molecular formula is C17H12Cl2N2O2. The predicted octanol–water partition coefficient (Wildman–Crippen LogP) is 4.78. The third-order valence-corrected chi connectivity index (χ3v) is 3.71. The SMILES string of the molecule is CCOC(=O)c1ccc2ccccc2c1-c1cc(Cl)nc(Cl)n1. The molecule has 0 aliphatic heterocycles. The summed E-state index contributed by atoms with van der Waals surface area (Å²) in [6.45, 7) is 2.05. The lowest BCUT2D eigenvalue weighted by Gasteiger charge is -2.12. The highest BCUT2D eigenvalue weighted by molar-refractivity contribution is 6.32. The number of carbonyl (C=O) groups is 1. The molecule has 0 radical (unpaired) electrons. The van der Waals surface area contributed by atoms with Crippen LogP contribution >= 0.6 is 23.2 Å². The van der Waals surface area contributed by atoms with E-state index in [1.807, 2.05) is 30.3 Å². The van der Waals surface area contributed by atoms with Crippen LogP contribution in [0.25, 0.3) is 22.0 Å². The van der Waals surface area contributed by atoms with Crippen molar-refractivity contribution in [1.82, 2.24) is 9.97 Å². The van der Waals surface area contributed by atoms with Crippen LogP contribution in [-0.2, 0) is 4.74 Å². The molecule has 116 valence electrons. The summed E-state index contributed by atoms with van der Waals surface area (Å²) in [4.78, 5) is 20.4. The Morgan fingerprint density at radius 2 is 1.91 bits per heavy atom. The number of esters is 1. The number of hydrogen-bond acceptors (Lipinski definition) is 4. The Balaban J connectivity index is 2.34. The minimum absolute atomic E-state index is 0.0234. The number of rotatable bonds is 3. The van der Waals surface area contributed by atoms with E-state index in [0.29, 0.717) is 16.8 Å². The number of aromatic nitrogens is 2. The zero-order valence-electron chi connectivity index (χ0n) is 12.2. The van der Waals surface area contributed by atoms with Gasteiger partial charge < -0.3 is 4.74 Å². The van der Waals surface area contributed by atoms with Crippen molar-refractivity contribution in [2.75, 3.05) is 6.61 Å². The van der Waals surface area contributed by atoms with Crippen molar-refractivity contribution in [2.45, 2.75) is 6.92 Å². The van der Waals surface area contributed by atoms with Gasteiger partial charge >= 0.3 is 5.97 Å². The summed E-state index contributed by atoms with van der Waals surface area (Å²) in [5.74, 6) is -0.417. The zero-order valence-corrected chi connectivity index (χ0v) is 13.7. The number of halogens is 2. The molecule has 4 nitrogen and oxygen atoms in total. The van der Waals surface area contributed by atoms with E-state index in [1.54, 1.807) is 19.1 Å². The van der Waals surface area contributed by atoms with Gasteiger partial charge in [0.05, 0.1) is 17.9 Å². The van der Waals surface area contributed by atoms with E-state index in [4.69, 9.17) is 27.9 Å². The van der Waals surface area contributed by atoms with E-state index in [9.17, 15) is 4.79 Å². The second-order valence-electron chi connectivity index (χ2n) is 4.77. The number of fused-ring (bicyclic) bond motifs is 1. The highest BCUT2D eigenvalue weighted by Gasteiger charge is 2.19. The standard InChI is InChI=1S/C17H12Cl2N2O2/c1-2-23-16(22)12-8-7-10-5-3-4-6-11(10)15(12)13-9-14(18)21-17(19)20-13/h3-9H,2H2,1H3. The summed E-state index contributed by atoms with van der Waals surface area (Å²) in [5.41, 5.74) is 1.53. The Labute approximate surface area is 143 Å². The van der Waals surface area contributed by atoms with Crippen LogP contribution < -0.4 is 0 Å². The van der Waals surface area contributed by atoms with Crippen LogP contribution in [0, 0.1) is 0 Å². The van der Waals surface area contributed by atoms with Crippen molar-refractivity contribution in [3.63, 3.8) is 0 Å². The van der Waals surface area contributed by atoms with Gasteiger partial charge in [0.2, 0.25) is 5.28 Å². The lowest BCUT2D eigenvalue weighted by molar-refractivity contribution is 0.0527. The van der Waals surface area contributed by atoms with Gasteiger partial charge in [0.15, 0.2) is 0 Å². The molecule has 23 heavy (non-hydrogen) atoms. The van der Waals surface area contributed by atoms with Crippen LogP contribution in [0.4, 0.5) is 0 Å². The van der Waals surface area contributed by atoms with Crippen molar-refractivity contribution in [2.24, 2.45) is 0 Å². The molecule has 0 aliphatic carbocycles.